The zero-order valence-corrected chi connectivity index (χ0v) is 11.8. The zero-order chi connectivity index (χ0) is 13.1. The molecule has 0 aromatic heterocycles. The van der Waals surface area contributed by atoms with Crippen LogP contribution >= 0.6 is 0 Å². The third kappa shape index (κ3) is 3.93. The molecule has 4 heteroatoms. The van der Waals surface area contributed by atoms with Crippen molar-refractivity contribution >= 4 is 5.91 Å². The molecular weight excluding hydrogens is 240 g/mol. The van der Waals surface area contributed by atoms with E-state index in [1.54, 1.807) is 0 Å². The molecule has 0 aromatic carbocycles. The van der Waals surface area contributed by atoms with Gasteiger partial charge in [0.05, 0.1) is 6.61 Å². The number of nitrogens with one attached hydrogen (secondary N) is 1. The number of piperidine rings is 1. The Bertz CT molecular complexity index is 303. The van der Waals surface area contributed by atoms with E-state index in [2.05, 4.69) is 10.2 Å². The van der Waals surface area contributed by atoms with Crippen LogP contribution in [0, 0.1) is 11.8 Å². The molecule has 1 aliphatic carbocycles. The van der Waals surface area contributed by atoms with Gasteiger partial charge >= 0.3 is 0 Å². The predicted molar refractivity (Wildman–Crippen MR) is 73.9 cm³/mol. The first-order chi connectivity index (χ1) is 9.31. The average Bonchev–Trinajstić information content (AvgIpc) is 3.07. The van der Waals surface area contributed by atoms with Gasteiger partial charge < -0.3 is 10.1 Å². The van der Waals surface area contributed by atoms with Gasteiger partial charge in [0.1, 0.15) is 0 Å². The first-order valence-corrected chi connectivity index (χ1v) is 7.90. The molecule has 2 aliphatic heterocycles. The molecule has 3 fully saturated rings. The highest BCUT2D eigenvalue weighted by Crippen LogP contribution is 2.32. The third-order valence-electron chi connectivity index (χ3n) is 4.83. The molecule has 1 N–H and O–H groups in total. The first-order valence-electron chi connectivity index (χ1n) is 7.90. The van der Waals surface area contributed by atoms with Crippen LogP contribution in [0.2, 0.25) is 0 Å². The molecule has 3 aliphatic rings. The van der Waals surface area contributed by atoms with Crippen LogP contribution in [0.1, 0.15) is 38.5 Å². The largest absolute Gasteiger partial charge is 0.380 e. The van der Waals surface area contributed by atoms with Gasteiger partial charge in [-0.25, -0.2) is 0 Å². The number of nitrogens with zero attached hydrogens (tertiary/aromatic N) is 1. The Labute approximate surface area is 115 Å². The molecule has 1 atom stereocenters. The van der Waals surface area contributed by atoms with Crippen molar-refractivity contribution in [1.82, 2.24) is 10.2 Å². The number of hydrogen-bond donors (Lipinski definition) is 1. The number of carbonyl (C=O) groups excluding carboxylic acids is 1. The van der Waals surface area contributed by atoms with E-state index in [0.29, 0.717) is 17.9 Å². The van der Waals surface area contributed by atoms with Crippen LogP contribution in [0.4, 0.5) is 0 Å². The van der Waals surface area contributed by atoms with Crippen molar-refractivity contribution in [2.24, 2.45) is 11.8 Å². The summed E-state index contributed by atoms with van der Waals surface area (Å²) >= 11 is 0. The fourth-order valence-corrected chi connectivity index (χ4v) is 3.25. The second-order valence-electron chi connectivity index (χ2n) is 6.45. The molecule has 0 bridgehead atoms. The molecule has 1 saturated carbocycles. The van der Waals surface area contributed by atoms with Gasteiger partial charge in [-0.1, -0.05) is 0 Å². The summed E-state index contributed by atoms with van der Waals surface area (Å²) in [4.78, 5) is 14.3. The van der Waals surface area contributed by atoms with E-state index in [9.17, 15) is 4.79 Å². The minimum atomic E-state index is 0.272. The van der Waals surface area contributed by atoms with Gasteiger partial charge in [-0.15, -0.1) is 0 Å². The lowest BCUT2D eigenvalue weighted by molar-refractivity contribution is -0.121. The number of ether oxygens (including phenoxy) is 1. The summed E-state index contributed by atoms with van der Waals surface area (Å²) in [6, 6.07) is 0.658. The zero-order valence-electron chi connectivity index (χ0n) is 11.8. The molecule has 1 amide bonds. The molecule has 0 spiro atoms. The fraction of sp³-hybridized carbons (Fsp3) is 0.933. The molecule has 0 aromatic rings. The van der Waals surface area contributed by atoms with Crippen molar-refractivity contribution in [3.8, 4) is 0 Å². The van der Waals surface area contributed by atoms with Crippen molar-refractivity contribution in [2.45, 2.75) is 44.6 Å². The molecule has 0 radical (unpaired) electrons. The van der Waals surface area contributed by atoms with E-state index in [0.717, 1.165) is 26.2 Å². The fourth-order valence-electron chi connectivity index (χ4n) is 3.25. The molecule has 3 rings (SSSR count). The number of carbonyl (C=O) groups is 1. The molecule has 19 heavy (non-hydrogen) atoms. The van der Waals surface area contributed by atoms with E-state index >= 15 is 0 Å². The summed E-state index contributed by atoms with van der Waals surface area (Å²) in [5, 5.41) is 3.13. The van der Waals surface area contributed by atoms with E-state index in [1.165, 1.54) is 45.2 Å². The summed E-state index contributed by atoms with van der Waals surface area (Å²) < 4.78 is 5.46. The van der Waals surface area contributed by atoms with Crippen molar-refractivity contribution in [1.29, 1.82) is 0 Å². The lowest BCUT2D eigenvalue weighted by Gasteiger charge is -2.35. The quantitative estimate of drug-likeness (QED) is 0.818. The molecule has 2 heterocycles. The Morgan fingerprint density at radius 2 is 1.89 bits per heavy atom. The maximum atomic E-state index is 11.7. The number of hydrogen-bond acceptors (Lipinski definition) is 3. The number of likely N-dealkylation sites (tertiary alicyclic amines) is 1. The van der Waals surface area contributed by atoms with Crippen molar-refractivity contribution in [3.63, 3.8) is 0 Å². The summed E-state index contributed by atoms with van der Waals surface area (Å²) in [6.45, 7) is 5.10. The van der Waals surface area contributed by atoms with Crippen LogP contribution in [0.15, 0.2) is 0 Å². The maximum absolute atomic E-state index is 11.7. The number of amides is 1. The van der Waals surface area contributed by atoms with Gasteiger partial charge in [-0.2, -0.15) is 0 Å². The van der Waals surface area contributed by atoms with Crippen LogP contribution in [-0.4, -0.2) is 49.7 Å². The minimum absolute atomic E-state index is 0.272. The minimum Gasteiger partial charge on any atom is -0.380 e. The monoisotopic (exact) mass is 266 g/mol. The molecule has 108 valence electrons. The van der Waals surface area contributed by atoms with Crippen LogP contribution in [-0.2, 0) is 9.53 Å². The summed E-state index contributed by atoms with van der Waals surface area (Å²) in [5.74, 6) is 1.65. The summed E-state index contributed by atoms with van der Waals surface area (Å²) in [7, 11) is 0. The smallest absolute Gasteiger partial charge is 0.220 e. The SMILES string of the molecule is O=C(CC1CC1)NCC1CCN([C@H]2CCOC2)CC1. The van der Waals surface area contributed by atoms with E-state index < -0.39 is 0 Å². The highest BCUT2D eigenvalue weighted by Gasteiger charge is 2.28. The third-order valence-corrected chi connectivity index (χ3v) is 4.83. The normalized spacial score (nSPS) is 29.6. The van der Waals surface area contributed by atoms with Gasteiger partial charge in [0.2, 0.25) is 5.91 Å². The van der Waals surface area contributed by atoms with Crippen LogP contribution in [0.5, 0.6) is 0 Å². The van der Waals surface area contributed by atoms with E-state index in [4.69, 9.17) is 4.74 Å². The van der Waals surface area contributed by atoms with Gasteiger partial charge in [0.25, 0.3) is 0 Å². The Hall–Kier alpha value is -0.610. The lowest BCUT2D eigenvalue weighted by atomic mass is 9.95. The van der Waals surface area contributed by atoms with Crippen LogP contribution in [0.25, 0.3) is 0 Å². The second kappa shape index (κ2) is 6.23. The maximum Gasteiger partial charge on any atom is 0.220 e. The second-order valence-corrected chi connectivity index (χ2v) is 6.45. The predicted octanol–water partition coefficient (Wildman–Crippen LogP) is 1.40. The topological polar surface area (TPSA) is 41.6 Å². The highest BCUT2D eigenvalue weighted by molar-refractivity contribution is 5.76. The van der Waals surface area contributed by atoms with Gasteiger partial charge in [0, 0.05) is 25.6 Å². The average molecular weight is 266 g/mol. The highest BCUT2D eigenvalue weighted by atomic mass is 16.5. The molecular formula is C15H26N2O2. The van der Waals surface area contributed by atoms with Gasteiger partial charge in [0.15, 0.2) is 0 Å². The molecule has 0 unspecified atom stereocenters. The van der Waals surface area contributed by atoms with Crippen molar-refractivity contribution in [2.75, 3.05) is 32.8 Å². The van der Waals surface area contributed by atoms with E-state index in [1.807, 2.05) is 0 Å². The van der Waals surface area contributed by atoms with Crippen LogP contribution < -0.4 is 5.32 Å². The molecule has 2 saturated heterocycles. The van der Waals surface area contributed by atoms with Crippen molar-refractivity contribution in [3.05, 3.63) is 0 Å². The van der Waals surface area contributed by atoms with Crippen LogP contribution in [0.3, 0.4) is 0 Å². The van der Waals surface area contributed by atoms with Gasteiger partial charge in [-0.05, 0) is 57.0 Å². The first kappa shape index (κ1) is 13.4. The lowest BCUT2D eigenvalue weighted by Crippen LogP contribution is -2.44. The van der Waals surface area contributed by atoms with Gasteiger partial charge in [-0.3, -0.25) is 9.69 Å². The number of rotatable bonds is 5. The molecule has 4 nitrogen and oxygen atoms in total. The van der Waals surface area contributed by atoms with Crippen molar-refractivity contribution < 1.29 is 9.53 Å². The standard InChI is InChI=1S/C15H26N2O2/c18-15(9-12-1-2-12)16-10-13-3-6-17(7-4-13)14-5-8-19-11-14/h12-14H,1-11H2,(H,16,18)/t14-/m0/s1. The Balaban J connectivity index is 1.32. The Morgan fingerprint density at radius 1 is 1.11 bits per heavy atom. The Kier molecular flexibility index (Phi) is 4.38. The summed E-state index contributed by atoms with van der Waals surface area (Å²) in [5.41, 5.74) is 0. The Morgan fingerprint density at radius 3 is 2.53 bits per heavy atom. The van der Waals surface area contributed by atoms with E-state index in [-0.39, 0.29) is 5.91 Å². The summed E-state index contributed by atoms with van der Waals surface area (Å²) in [6.07, 6.45) is 6.92.